The quantitative estimate of drug-likeness (QED) is 0.429. The predicted molar refractivity (Wildman–Crippen MR) is 125 cm³/mol. The fourth-order valence-corrected chi connectivity index (χ4v) is 5.39. The van der Waals surface area contributed by atoms with Gasteiger partial charge in [-0.1, -0.05) is 66.7 Å². The van der Waals surface area contributed by atoms with Crippen molar-refractivity contribution in [2.75, 3.05) is 0 Å². The van der Waals surface area contributed by atoms with E-state index in [9.17, 15) is 9.59 Å². The van der Waals surface area contributed by atoms with Crippen LogP contribution in [0, 0.1) is 10.7 Å². The smallest absolute Gasteiger partial charge is 0.280 e. The van der Waals surface area contributed by atoms with Crippen LogP contribution >= 0.6 is 0 Å². The first kappa shape index (κ1) is 17.5. The molecule has 0 fully saturated rings. The van der Waals surface area contributed by atoms with Gasteiger partial charge >= 0.3 is 0 Å². The van der Waals surface area contributed by atoms with Crippen molar-refractivity contribution < 1.29 is 0 Å². The summed E-state index contributed by atoms with van der Waals surface area (Å²) in [5.74, 6) is 0. The number of hydrogen-bond donors (Lipinski definition) is 0. The summed E-state index contributed by atoms with van der Waals surface area (Å²) in [6, 6.07) is 26.2. The third-order valence-corrected chi connectivity index (χ3v) is 6.78. The molecule has 3 aromatic carbocycles. The molecule has 0 saturated heterocycles. The van der Waals surface area contributed by atoms with Crippen molar-refractivity contribution in [1.82, 2.24) is 13.5 Å². The molecule has 0 radical (unpaired) electrons. The number of nitrogens with zero attached hydrogens (tertiary/aromatic N) is 3. The molecule has 4 heterocycles. The fraction of sp³-hybridized carbons (Fsp3) is 0.111. The Labute approximate surface area is 182 Å². The van der Waals surface area contributed by atoms with Crippen LogP contribution in [0.25, 0.3) is 27.3 Å². The van der Waals surface area contributed by atoms with Crippen molar-refractivity contribution in [3.8, 4) is 0 Å². The molecular weight excluding hydrogens is 398 g/mol. The summed E-state index contributed by atoms with van der Waals surface area (Å²) in [6.07, 6.45) is 0.861. The van der Waals surface area contributed by atoms with Crippen LogP contribution in [0.5, 0.6) is 0 Å². The molecule has 0 unspecified atom stereocenters. The Morgan fingerprint density at radius 1 is 0.750 bits per heavy atom. The zero-order valence-electron chi connectivity index (χ0n) is 17.3. The fourth-order valence-electron chi connectivity index (χ4n) is 5.39. The number of rotatable bonds is 2. The maximum absolute atomic E-state index is 13.8. The van der Waals surface area contributed by atoms with E-state index in [0.29, 0.717) is 17.2 Å². The number of benzene rings is 3. The average Bonchev–Trinajstić information content (AvgIpc) is 3.45. The van der Waals surface area contributed by atoms with Crippen LogP contribution in [0.3, 0.4) is 0 Å². The zero-order valence-corrected chi connectivity index (χ0v) is 17.3. The van der Waals surface area contributed by atoms with Crippen LogP contribution in [-0.2, 0) is 19.5 Å². The average molecular weight is 417 g/mol. The summed E-state index contributed by atoms with van der Waals surface area (Å²) >= 11 is 0. The van der Waals surface area contributed by atoms with Crippen molar-refractivity contribution in [3.63, 3.8) is 0 Å². The second-order valence-corrected chi connectivity index (χ2v) is 8.52. The third-order valence-electron chi connectivity index (χ3n) is 6.78. The molecule has 0 atom stereocenters. The van der Waals surface area contributed by atoms with Crippen LogP contribution in [0.15, 0.2) is 88.5 Å². The molecule has 154 valence electrons. The van der Waals surface area contributed by atoms with E-state index >= 15 is 0 Å². The summed E-state index contributed by atoms with van der Waals surface area (Å²) in [5.41, 5.74) is 4.66. The monoisotopic (exact) mass is 417 g/mol. The van der Waals surface area contributed by atoms with Gasteiger partial charge < -0.3 is 8.97 Å². The molecule has 7 rings (SSSR count). The van der Waals surface area contributed by atoms with Crippen LogP contribution < -0.4 is 11.1 Å². The van der Waals surface area contributed by atoms with E-state index in [-0.39, 0.29) is 17.7 Å². The first-order valence-electron chi connectivity index (χ1n) is 10.9. The maximum atomic E-state index is 13.8. The van der Waals surface area contributed by atoms with Crippen LogP contribution in [0.1, 0.15) is 11.1 Å². The summed E-state index contributed by atoms with van der Waals surface area (Å²) in [4.78, 5) is 27.6. The number of fused-ring (bicyclic) bond motifs is 6. The largest absolute Gasteiger partial charge is 0.334 e. The van der Waals surface area contributed by atoms with E-state index in [4.69, 9.17) is 0 Å². The zero-order chi connectivity index (χ0) is 21.4. The van der Waals surface area contributed by atoms with E-state index in [1.165, 1.54) is 10.1 Å². The van der Waals surface area contributed by atoms with Crippen molar-refractivity contribution in [1.29, 1.82) is 0 Å². The van der Waals surface area contributed by atoms with Crippen molar-refractivity contribution in [2.45, 2.75) is 19.5 Å². The molecule has 0 saturated carbocycles. The molecule has 5 heteroatoms. The Morgan fingerprint density at radius 3 is 2.41 bits per heavy atom. The Bertz CT molecular complexity index is 1890. The lowest BCUT2D eigenvalue weighted by Gasteiger charge is -2.02. The number of aromatic nitrogens is 3. The van der Waals surface area contributed by atoms with Gasteiger partial charge in [0.25, 0.3) is 11.1 Å². The van der Waals surface area contributed by atoms with E-state index in [2.05, 4.69) is 34.9 Å². The van der Waals surface area contributed by atoms with Gasteiger partial charge in [-0.25, -0.2) is 0 Å². The van der Waals surface area contributed by atoms with E-state index in [1.54, 1.807) is 0 Å². The normalized spacial score (nSPS) is 13.1. The molecule has 0 N–H and O–H groups in total. The van der Waals surface area contributed by atoms with Gasteiger partial charge in [0.05, 0.1) is 23.1 Å². The molecule has 0 aliphatic carbocycles. The van der Waals surface area contributed by atoms with Crippen molar-refractivity contribution >= 4 is 27.3 Å². The minimum absolute atomic E-state index is 0.220. The van der Waals surface area contributed by atoms with E-state index < -0.39 is 0 Å². The molecular formula is C27H19N3O2. The van der Waals surface area contributed by atoms with Crippen molar-refractivity contribution in [3.05, 3.63) is 121 Å². The van der Waals surface area contributed by atoms with Crippen molar-refractivity contribution in [2.24, 2.45) is 0 Å². The summed E-state index contributed by atoms with van der Waals surface area (Å²) < 4.78 is 5.47. The predicted octanol–water partition coefficient (Wildman–Crippen LogP) is 3.90. The second kappa shape index (κ2) is 6.20. The van der Waals surface area contributed by atoms with Crippen LogP contribution in [0.4, 0.5) is 0 Å². The first-order chi connectivity index (χ1) is 15.7. The molecule has 0 spiro atoms. The molecule has 3 aliphatic rings. The Hall–Kier alpha value is -4.12. The van der Waals surface area contributed by atoms with Gasteiger partial charge in [0.15, 0.2) is 0 Å². The van der Waals surface area contributed by atoms with Gasteiger partial charge in [-0.3, -0.25) is 14.2 Å². The molecule has 3 aliphatic heterocycles. The topological polar surface area (TPSA) is 48.4 Å². The minimum Gasteiger partial charge on any atom is -0.334 e. The SMILES string of the molecule is O=c1c2n3c4c(cccc4c4cc5ccccc5n4c=2c(=O)n1Cc1ccccc1)CC3. The molecule has 5 nitrogen and oxygen atoms in total. The van der Waals surface area contributed by atoms with E-state index in [1.807, 2.05) is 52.9 Å². The molecule has 1 aromatic heterocycles. The number of para-hydroxylation sites is 2. The minimum atomic E-state index is -0.238. The third kappa shape index (κ3) is 2.17. The summed E-state index contributed by atoms with van der Waals surface area (Å²) in [7, 11) is 0. The van der Waals surface area contributed by atoms with Gasteiger partial charge in [0.2, 0.25) is 0 Å². The van der Waals surface area contributed by atoms with Gasteiger partial charge in [-0.15, -0.1) is 0 Å². The summed E-state index contributed by atoms with van der Waals surface area (Å²) in [6.45, 7) is 0.967. The lowest BCUT2D eigenvalue weighted by atomic mass is 10.1. The Balaban J connectivity index is 1.78. The van der Waals surface area contributed by atoms with Gasteiger partial charge in [0, 0.05) is 17.3 Å². The van der Waals surface area contributed by atoms with Gasteiger partial charge in [-0.05, 0) is 29.7 Å². The number of aryl methyl sites for hydroxylation is 2. The number of hydrogen-bond acceptors (Lipinski definition) is 2. The highest BCUT2D eigenvalue weighted by Gasteiger charge is 2.22. The Morgan fingerprint density at radius 2 is 1.53 bits per heavy atom. The highest BCUT2D eigenvalue weighted by Crippen LogP contribution is 2.31. The first-order valence-corrected chi connectivity index (χ1v) is 10.9. The Kier molecular flexibility index (Phi) is 3.40. The van der Waals surface area contributed by atoms with Crippen LogP contribution in [-0.4, -0.2) is 13.5 Å². The van der Waals surface area contributed by atoms with Gasteiger partial charge in [0.1, 0.15) is 10.7 Å². The lowest BCUT2D eigenvalue weighted by Crippen LogP contribution is -2.28. The molecule has 4 aromatic rings. The lowest BCUT2D eigenvalue weighted by molar-refractivity contribution is 0.712. The molecule has 0 amide bonds. The highest BCUT2D eigenvalue weighted by molar-refractivity contribution is 6.01. The maximum Gasteiger partial charge on any atom is 0.280 e. The van der Waals surface area contributed by atoms with Gasteiger partial charge in [-0.2, -0.15) is 0 Å². The standard InChI is InChI=1S/C27H19N3O2/c31-26-24-25(27(32)29(26)16-17-7-2-1-3-8-17)30-21-12-5-4-9-19(21)15-22(30)20-11-6-10-18-13-14-28(24)23(18)20/h1-12,15H,13-14,16H2. The molecule has 32 heavy (non-hydrogen) atoms. The van der Waals surface area contributed by atoms with E-state index in [0.717, 1.165) is 39.3 Å². The summed E-state index contributed by atoms with van der Waals surface area (Å²) in [5, 5.41) is 3.09. The second-order valence-electron chi connectivity index (χ2n) is 8.52. The highest BCUT2D eigenvalue weighted by atomic mass is 16.2. The van der Waals surface area contributed by atoms with Crippen LogP contribution in [0.2, 0.25) is 0 Å². The molecule has 0 bridgehead atoms.